The van der Waals surface area contributed by atoms with E-state index in [2.05, 4.69) is 38.2 Å². The number of aromatic nitrogens is 1. The van der Waals surface area contributed by atoms with Gasteiger partial charge >= 0.3 is 6.02 Å². The number of likely N-dealkylation sites (tertiary alicyclic amines) is 1. The van der Waals surface area contributed by atoms with E-state index in [1.165, 1.54) is 31.4 Å². The van der Waals surface area contributed by atoms with E-state index in [-0.39, 0.29) is 76.2 Å². The normalized spacial score (nSPS) is 23.1. The first-order valence-electron chi connectivity index (χ1n) is 16.7. The van der Waals surface area contributed by atoms with Crippen LogP contribution in [0.5, 0.6) is 11.6 Å². The van der Waals surface area contributed by atoms with E-state index in [1.54, 1.807) is 0 Å². The van der Waals surface area contributed by atoms with E-state index < -0.39 is 23.7 Å². The van der Waals surface area contributed by atoms with Gasteiger partial charge in [0.05, 0.1) is 31.3 Å². The number of hydrogen-bond acceptors (Lipinski definition) is 9. The van der Waals surface area contributed by atoms with Crippen molar-refractivity contribution in [2.45, 2.75) is 50.4 Å². The minimum Gasteiger partial charge on any atom is -0.508 e. The highest BCUT2D eigenvalue weighted by molar-refractivity contribution is 6.01. The summed E-state index contributed by atoms with van der Waals surface area (Å²) in [5, 5.41) is 27.2. The molecule has 1 aromatic heterocycles. The van der Waals surface area contributed by atoms with Gasteiger partial charge in [-0.3, -0.25) is 4.90 Å². The Morgan fingerprint density at radius 2 is 2.04 bits per heavy atom. The van der Waals surface area contributed by atoms with Crippen molar-refractivity contribution in [1.82, 2.24) is 20.5 Å². The summed E-state index contributed by atoms with van der Waals surface area (Å²) in [5.74, 6) is 0.0226. The maximum atomic E-state index is 17.1. The number of nitrogens with zero attached hydrogens (tertiary/aromatic N) is 5. The second-order valence-electron chi connectivity index (χ2n) is 13.5. The average Bonchev–Trinajstić information content (AvgIpc) is 3.56. The van der Waals surface area contributed by atoms with E-state index in [0.717, 1.165) is 32.2 Å². The molecule has 4 unspecified atom stereocenters. The predicted octanol–water partition coefficient (Wildman–Crippen LogP) is 5.04. The molecule has 50 heavy (non-hydrogen) atoms. The molecule has 262 valence electrons. The zero-order valence-corrected chi connectivity index (χ0v) is 28.1. The number of alkyl halides is 1. The number of nitrogens with one attached hydrogen (secondary N) is 2. The monoisotopic (exact) mass is 687 g/mol. The highest BCUT2D eigenvalue weighted by Gasteiger charge is 2.47. The molecular weight excluding hydrogens is 647 g/mol. The number of phenolic OH excluding ortho intramolecular Hbond substituents is 1. The van der Waals surface area contributed by atoms with Crippen molar-refractivity contribution in [3.05, 3.63) is 47.0 Å². The number of hydrogen-bond donors (Lipinski definition) is 3. The minimum atomic E-state index is -1.19. The first kappa shape index (κ1) is 35.1. The third-order valence-corrected chi connectivity index (χ3v) is 9.91. The van der Waals surface area contributed by atoms with E-state index in [4.69, 9.17) is 15.9 Å². The van der Waals surface area contributed by atoms with Crippen LogP contribution >= 0.6 is 0 Å². The number of phenols is 1. The van der Waals surface area contributed by atoms with Gasteiger partial charge in [-0.15, -0.1) is 6.42 Å². The van der Waals surface area contributed by atoms with Crippen LogP contribution in [-0.2, 0) is 11.2 Å². The fraction of sp³-hybridized carbons (Fsp3) is 0.459. The summed E-state index contributed by atoms with van der Waals surface area (Å²) >= 11 is 0. The van der Waals surface area contributed by atoms with Crippen molar-refractivity contribution >= 4 is 29.2 Å². The molecule has 3 heterocycles. The van der Waals surface area contributed by atoms with Crippen LogP contribution in [0, 0.1) is 46.6 Å². The van der Waals surface area contributed by atoms with Gasteiger partial charge in [-0.2, -0.15) is 10.3 Å². The van der Waals surface area contributed by atoms with Gasteiger partial charge < -0.3 is 25.2 Å². The SMILES string of the molecule is C#Cc1c(F)ccc2cc(O)cc(-c3nc(OC)c(CC4CCC(CNC)N4)c(N=C(N=C)OCC4(CN5CC(F)C(C#N)C5)CC4)c3F)c12. The number of amidine groups is 1. The molecule has 3 fully saturated rings. The van der Waals surface area contributed by atoms with E-state index >= 15 is 4.39 Å². The summed E-state index contributed by atoms with van der Waals surface area (Å²) < 4.78 is 58.1. The molecule has 0 radical (unpaired) electrons. The highest BCUT2D eigenvalue weighted by Crippen LogP contribution is 2.48. The number of rotatable bonds is 11. The fourth-order valence-corrected chi connectivity index (χ4v) is 7.20. The summed E-state index contributed by atoms with van der Waals surface area (Å²) in [6.45, 7) is 5.66. The third kappa shape index (κ3) is 7.13. The van der Waals surface area contributed by atoms with Crippen molar-refractivity contribution < 1.29 is 27.8 Å². The Morgan fingerprint density at radius 1 is 1.26 bits per heavy atom. The number of fused-ring (bicyclic) bond motifs is 1. The van der Waals surface area contributed by atoms with E-state index in [1.807, 2.05) is 18.0 Å². The minimum absolute atomic E-state index is 0.0418. The molecule has 3 N–H and O–H groups in total. The van der Waals surface area contributed by atoms with Gasteiger partial charge in [0, 0.05) is 60.2 Å². The zero-order valence-electron chi connectivity index (χ0n) is 28.1. The molecule has 0 spiro atoms. The molecular formula is C37H40F3N7O3. The molecule has 3 aliphatic rings. The lowest BCUT2D eigenvalue weighted by atomic mass is 9.95. The third-order valence-electron chi connectivity index (χ3n) is 9.91. The summed E-state index contributed by atoms with van der Waals surface area (Å²) in [5.41, 5.74) is -0.387. The van der Waals surface area contributed by atoms with Gasteiger partial charge in [-0.05, 0) is 69.5 Å². The van der Waals surface area contributed by atoms with Gasteiger partial charge in [0.2, 0.25) is 5.88 Å². The summed E-state index contributed by atoms with van der Waals surface area (Å²) in [6.07, 6.45) is 8.21. The number of terminal acetylenes is 1. The number of ether oxygens (including phenoxy) is 2. The maximum Gasteiger partial charge on any atom is 0.316 e. The number of nitriles is 1. The first-order valence-corrected chi connectivity index (χ1v) is 16.7. The summed E-state index contributed by atoms with van der Waals surface area (Å²) in [4.78, 5) is 15.1. The van der Waals surface area contributed by atoms with Crippen LogP contribution in [0.4, 0.5) is 18.9 Å². The molecule has 6 rings (SSSR count). The Balaban J connectivity index is 1.41. The Morgan fingerprint density at radius 3 is 2.70 bits per heavy atom. The number of likely N-dealkylation sites (N-methyl/N-ethyl adjacent to an activating group) is 1. The van der Waals surface area contributed by atoms with Crippen LogP contribution in [0.25, 0.3) is 22.0 Å². The predicted molar refractivity (Wildman–Crippen MR) is 186 cm³/mol. The molecule has 3 aromatic rings. The highest BCUT2D eigenvalue weighted by atomic mass is 19.1. The second kappa shape index (κ2) is 14.7. The molecule has 2 aromatic carbocycles. The number of halogens is 3. The van der Waals surface area contributed by atoms with Gasteiger partial charge in [0.1, 0.15) is 29.1 Å². The van der Waals surface area contributed by atoms with Gasteiger partial charge in [0.15, 0.2) is 5.82 Å². The molecule has 0 amide bonds. The molecule has 1 aliphatic carbocycles. The van der Waals surface area contributed by atoms with Gasteiger partial charge in [-0.25, -0.2) is 23.1 Å². The standard InChI is InChI=1S/C37H40F3N7O3/c1-5-26-29(38)9-6-21-12-25(48)14-27(31(21)26)33-32(40)34(28(35(45-33)49-4)13-23-7-8-24(44-23)16-42-2)46-36(43-3)50-20-37(10-11-37)19-47-17-22(15-41)30(39)18-47/h1,6,9,12,14,22-24,30,42,44,48H,3,7-8,10-11,13,16-20H2,2,4H3. The Bertz CT molecular complexity index is 1900. The number of pyridine rings is 1. The van der Waals surface area contributed by atoms with Crippen molar-refractivity contribution in [2.24, 2.45) is 21.3 Å². The van der Waals surface area contributed by atoms with Gasteiger partial charge in [-0.1, -0.05) is 12.0 Å². The van der Waals surface area contributed by atoms with E-state index in [9.17, 15) is 19.1 Å². The lowest BCUT2D eigenvalue weighted by Gasteiger charge is -2.23. The summed E-state index contributed by atoms with van der Waals surface area (Å²) in [6, 6.07) is 7.36. The molecule has 2 aliphatic heterocycles. The van der Waals surface area contributed by atoms with Crippen molar-refractivity contribution in [2.75, 3.05) is 46.9 Å². The second-order valence-corrected chi connectivity index (χ2v) is 13.5. The largest absolute Gasteiger partial charge is 0.508 e. The van der Waals surface area contributed by atoms with Crippen LogP contribution in [0.1, 0.15) is 36.8 Å². The van der Waals surface area contributed by atoms with Crippen LogP contribution < -0.4 is 15.4 Å². The van der Waals surface area contributed by atoms with Crippen molar-refractivity contribution in [3.63, 3.8) is 0 Å². The molecule has 0 bridgehead atoms. The quantitative estimate of drug-likeness (QED) is 0.146. The Hall–Kier alpha value is -4.69. The zero-order chi connectivity index (χ0) is 35.6. The number of benzene rings is 2. The van der Waals surface area contributed by atoms with Crippen LogP contribution in [0.15, 0.2) is 34.3 Å². The van der Waals surface area contributed by atoms with Crippen LogP contribution in [-0.4, -0.2) is 92.9 Å². The number of aliphatic imine (C=N–C) groups is 2. The maximum absolute atomic E-state index is 17.1. The summed E-state index contributed by atoms with van der Waals surface area (Å²) in [7, 11) is 3.30. The molecule has 4 atom stereocenters. The van der Waals surface area contributed by atoms with Crippen molar-refractivity contribution in [3.8, 4) is 41.3 Å². The van der Waals surface area contributed by atoms with Crippen molar-refractivity contribution in [1.29, 1.82) is 5.26 Å². The fourth-order valence-electron chi connectivity index (χ4n) is 7.20. The van der Waals surface area contributed by atoms with Gasteiger partial charge in [0.25, 0.3) is 0 Å². The number of aromatic hydroxyl groups is 1. The Kier molecular flexibility index (Phi) is 10.3. The smallest absolute Gasteiger partial charge is 0.316 e. The Labute approximate surface area is 289 Å². The topological polar surface area (TPSA) is 127 Å². The van der Waals surface area contributed by atoms with E-state index in [0.29, 0.717) is 30.5 Å². The van der Waals surface area contributed by atoms with Crippen LogP contribution in [0.3, 0.4) is 0 Å². The lowest BCUT2D eigenvalue weighted by molar-refractivity contribution is 0.164. The lowest BCUT2D eigenvalue weighted by Crippen LogP contribution is -2.37. The first-order chi connectivity index (χ1) is 24.1. The number of methoxy groups -OCH3 is 1. The van der Waals surface area contributed by atoms with Crippen LogP contribution in [0.2, 0.25) is 0 Å². The molecule has 10 nitrogen and oxygen atoms in total. The average molecular weight is 688 g/mol. The molecule has 1 saturated carbocycles. The molecule has 2 saturated heterocycles. The molecule has 13 heteroatoms.